The summed E-state index contributed by atoms with van der Waals surface area (Å²) in [5, 5.41) is 3.16. The number of carbonyl (C=O) groups is 1. The lowest BCUT2D eigenvalue weighted by Gasteiger charge is -2.08. The van der Waals surface area contributed by atoms with Crippen molar-refractivity contribution < 1.29 is 13.9 Å². The number of benzene rings is 1. The van der Waals surface area contributed by atoms with Crippen molar-refractivity contribution >= 4 is 17.2 Å². The van der Waals surface area contributed by atoms with Crippen LogP contribution in [0.25, 0.3) is 0 Å². The van der Waals surface area contributed by atoms with Crippen molar-refractivity contribution in [1.29, 1.82) is 0 Å². The zero-order chi connectivity index (χ0) is 13.2. The van der Waals surface area contributed by atoms with E-state index in [4.69, 9.17) is 4.74 Å². The Morgan fingerprint density at radius 2 is 2.26 bits per heavy atom. The van der Waals surface area contributed by atoms with Gasteiger partial charge in [-0.3, -0.25) is 4.79 Å². The van der Waals surface area contributed by atoms with Gasteiger partial charge in [0.05, 0.1) is 5.69 Å². The van der Waals surface area contributed by atoms with Gasteiger partial charge in [-0.05, 0) is 6.07 Å². The highest BCUT2D eigenvalue weighted by Crippen LogP contribution is 2.27. The molecule has 0 unspecified atom stereocenters. The lowest BCUT2D eigenvalue weighted by Crippen LogP contribution is -2.30. The van der Waals surface area contributed by atoms with E-state index in [1.807, 2.05) is 0 Å². The van der Waals surface area contributed by atoms with Crippen molar-refractivity contribution in [2.75, 3.05) is 6.54 Å². The molecule has 0 aliphatic carbocycles. The minimum Gasteiger partial charge on any atom is -0.465 e. The third-order valence-corrected chi connectivity index (χ3v) is 3.85. The van der Waals surface area contributed by atoms with E-state index in [1.165, 1.54) is 17.4 Å². The SMILES string of the molecule is O=C1NCCc2nc(OCc3ccccc3F)sc21. The van der Waals surface area contributed by atoms with Crippen molar-refractivity contribution in [3.8, 4) is 5.19 Å². The fraction of sp³-hybridized carbons (Fsp3) is 0.231. The van der Waals surface area contributed by atoms with Crippen molar-refractivity contribution in [1.82, 2.24) is 10.3 Å². The molecule has 0 fully saturated rings. The number of aromatic nitrogens is 1. The van der Waals surface area contributed by atoms with Gasteiger partial charge in [0, 0.05) is 18.5 Å². The maximum absolute atomic E-state index is 13.4. The Morgan fingerprint density at radius 1 is 1.42 bits per heavy atom. The van der Waals surface area contributed by atoms with Crippen molar-refractivity contribution in [2.45, 2.75) is 13.0 Å². The number of hydrogen-bond donors (Lipinski definition) is 1. The van der Waals surface area contributed by atoms with E-state index < -0.39 is 0 Å². The number of fused-ring (bicyclic) bond motifs is 1. The second-order valence-electron chi connectivity index (χ2n) is 4.14. The molecule has 1 aliphatic rings. The molecule has 4 nitrogen and oxygen atoms in total. The Labute approximate surface area is 113 Å². The summed E-state index contributed by atoms with van der Waals surface area (Å²) in [6.45, 7) is 0.711. The van der Waals surface area contributed by atoms with Gasteiger partial charge < -0.3 is 10.1 Å². The molecular weight excluding hydrogens is 267 g/mol. The summed E-state index contributed by atoms with van der Waals surface area (Å²) in [5.41, 5.74) is 1.23. The van der Waals surface area contributed by atoms with Crippen LogP contribution in [0.5, 0.6) is 5.19 Å². The Kier molecular flexibility index (Phi) is 3.16. The van der Waals surface area contributed by atoms with Crippen LogP contribution in [0.1, 0.15) is 20.9 Å². The molecule has 0 saturated carbocycles. The van der Waals surface area contributed by atoms with E-state index in [0.29, 0.717) is 28.6 Å². The maximum atomic E-state index is 13.4. The van der Waals surface area contributed by atoms with E-state index >= 15 is 0 Å². The van der Waals surface area contributed by atoms with Crippen molar-refractivity contribution in [3.63, 3.8) is 0 Å². The Morgan fingerprint density at radius 3 is 3.05 bits per heavy atom. The molecule has 0 bridgehead atoms. The van der Waals surface area contributed by atoms with Crippen LogP contribution in [-0.4, -0.2) is 17.4 Å². The molecular formula is C13H11FN2O2S. The summed E-state index contributed by atoms with van der Waals surface area (Å²) >= 11 is 1.20. The van der Waals surface area contributed by atoms with Crippen LogP contribution >= 0.6 is 11.3 Å². The van der Waals surface area contributed by atoms with Crippen molar-refractivity contribution in [2.24, 2.45) is 0 Å². The highest BCUT2D eigenvalue weighted by molar-refractivity contribution is 7.15. The largest absolute Gasteiger partial charge is 0.465 e. The van der Waals surface area contributed by atoms with E-state index in [0.717, 1.165) is 5.69 Å². The Hall–Kier alpha value is -1.95. The summed E-state index contributed by atoms with van der Waals surface area (Å²) in [6.07, 6.45) is 0.709. The fourth-order valence-electron chi connectivity index (χ4n) is 1.87. The first kappa shape index (κ1) is 12.1. The number of hydrogen-bond acceptors (Lipinski definition) is 4. The maximum Gasteiger partial charge on any atom is 0.274 e. The van der Waals surface area contributed by atoms with Crippen LogP contribution in [0.2, 0.25) is 0 Å². The topological polar surface area (TPSA) is 51.2 Å². The number of amides is 1. The van der Waals surface area contributed by atoms with Crippen LogP contribution < -0.4 is 10.1 Å². The number of nitrogens with one attached hydrogen (secondary N) is 1. The summed E-state index contributed by atoms with van der Waals surface area (Å²) in [4.78, 5) is 16.4. The second-order valence-corrected chi connectivity index (χ2v) is 5.10. The molecule has 1 aromatic carbocycles. The predicted octanol–water partition coefficient (Wildman–Crippen LogP) is 2.15. The summed E-state index contributed by atoms with van der Waals surface area (Å²) < 4.78 is 18.9. The Bertz CT molecular complexity index is 627. The minimum absolute atomic E-state index is 0.112. The number of carbonyl (C=O) groups excluding carboxylic acids is 1. The average Bonchev–Trinajstić information content (AvgIpc) is 2.82. The molecule has 19 heavy (non-hydrogen) atoms. The molecule has 1 aliphatic heterocycles. The van der Waals surface area contributed by atoms with Gasteiger partial charge in [0.15, 0.2) is 0 Å². The molecule has 98 valence electrons. The molecule has 2 aromatic rings. The van der Waals surface area contributed by atoms with Crippen LogP contribution in [0.4, 0.5) is 4.39 Å². The monoisotopic (exact) mass is 278 g/mol. The predicted molar refractivity (Wildman–Crippen MR) is 68.9 cm³/mol. The van der Waals surface area contributed by atoms with Crippen LogP contribution in [0.3, 0.4) is 0 Å². The van der Waals surface area contributed by atoms with Crippen LogP contribution in [-0.2, 0) is 13.0 Å². The Balaban J connectivity index is 1.74. The van der Waals surface area contributed by atoms with E-state index in [2.05, 4.69) is 10.3 Å². The van der Waals surface area contributed by atoms with E-state index in [-0.39, 0.29) is 18.3 Å². The minimum atomic E-state index is -0.304. The number of rotatable bonds is 3. The van der Waals surface area contributed by atoms with Gasteiger partial charge in [-0.25, -0.2) is 9.37 Å². The van der Waals surface area contributed by atoms with Gasteiger partial charge in [-0.15, -0.1) is 0 Å². The van der Waals surface area contributed by atoms with Gasteiger partial charge in [0.1, 0.15) is 17.3 Å². The normalized spacial score (nSPS) is 13.8. The van der Waals surface area contributed by atoms with Gasteiger partial charge in [0.25, 0.3) is 11.1 Å². The molecule has 1 aromatic heterocycles. The number of thiazole rings is 1. The van der Waals surface area contributed by atoms with Gasteiger partial charge in [-0.1, -0.05) is 29.5 Å². The highest BCUT2D eigenvalue weighted by Gasteiger charge is 2.22. The van der Waals surface area contributed by atoms with E-state index in [1.54, 1.807) is 18.2 Å². The van der Waals surface area contributed by atoms with Crippen molar-refractivity contribution in [3.05, 3.63) is 46.2 Å². The standard InChI is InChI=1S/C13H11FN2O2S/c14-9-4-2-1-3-8(9)7-18-13-16-10-5-6-15-12(17)11(10)19-13/h1-4H,5-7H2,(H,15,17). The summed E-state index contributed by atoms with van der Waals surface area (Å²) in [6, 6.07) is 6.43. The number of ether oxygens (including phenoxy) is 1. The first-order valence-corrected chi connectivity index (χ1v) is 6.70. The van der Waals surface area contributed by atoms with Crippen LogP contribution in [0, 0.1) is 5.82 Å². The molecule has 0 spiro atoms. The summed E-state index contributed by atoms with van der Waals surface area (Å²) in [5.74, 6) is -0.416. The molecule has 0 saturated heterocycles. The van der Waals surface area contributed by atoms with Gasteiger partial charge >= 0.3 is 0 Å². The van der Waals surface area contributed by atoms with Gasteiger partial charge in [0.2, 0.25) is 0 Å². The van der Waals surface area contributed by atoms with E-state index in [9.17, 15) is 9.18 Å². The first-order valence-electron chi connectivity index (χ1n) is 5.88. The molecule has 1 N–H and O–H groups in total. The van der Waals surface area contributed by atoms with Crippen LogP contribution in [0.15, 0.2) is 24.3 Å². The number of nitrogens with zero attached hydrogens (tertiary/aromatic N) is 1. The average molecular weight is 278 g/mol. The molecule has 1 amide bonds. The molecule has 2 heterocycles. The smallest absolute Gasteiger partial charge is 0.274 e. The fourth-order valence-corrected chi connectivity index (χ4v) is 2.75. The highest BCUT2D eigenvalue weighted by atomic mass is 32.1. The first-order chi connectivity index (χ1) is 9.24. The molecule has 6 heteroatoms. The zero-order valence-corrected chi connectivity index (χ0v) is 10.8. The lowest BCUT2D eigenvalue weighted by molar-refractivity contribution is 0.0950. The molecule has 0 atom stereocenters. The zero-order valence-electron chi connectivity index (χ0n) is 9.98. The lowest BCUT2D eigenvalue weighted by atomic mass is 10.2. The second kappa shape index (κ2) is 4.97. The van der Waals surface area contributed by atoms with Gasteiger partial charge in [-0.2, -0.15) is 0 Å². The number of halogens is 1. The quantitative estimate of drug-likeness (QED) is 0.936. The molecule has 0 radical (unpaired) electrons. The third-order valence-electron chi connectivity index (χ3n) is 2.84. The molecule has 3 rings (SSSR count). The third kappa shape index (κ3) is 2.44. The summed E-state index contributed by atoms with van der Waals surface area (Å²) in [7, 11) is 0.